The van der Waals surface area contributed by atoms with Gasteiger partial charge in [0.25, 0.3) is 0 Å². The van der Waals surface area contributed by atoms with Gasteiger partial charge in [-0.25, -0.2) is 0 Å². The largest absolute Gasteiger partial charge is 0.364 e. The lowest BCUT2D eigenvalue weighted by molar-refractivity contribution is -0.139. The highest BCUT2D eigenvalue weighted by Crippen LogP contribution is 1.73. The van der Waals surface area contributed by atoms with Crippen LogP contribution in [0.1, 0.15) is 6.92 Å². The minimum atomic E-state index is 0.288. The summed E-state index contributed by atoms with van der Waals surface area (Å²) in [6, 6.07) is 0. The summed E-state index contributed by atoms with van der Waals surface area (Å²) in [6.45, 7) is 2.81. The summed E-state index contributed by atoms with van der Waals surface area (Å²) >= 11 is 0. The van der Waals surface area contributed by atoms with E-state index in [2.05, 4.69) is 0 Å². The van der Waals surface area contributed by atoms with Crippen LogP contribution in [0.15, 0.2) is 0 Å². The summed E-state index contributed by atoms with van der Waals surface area (Å²) in [5.41, 5.74) is 0. The van der Waals surface area contributed by atoms with Crippen molar-refractivity contribution < 1.29 is 9.94 Å². The first kappa shape index (κ1) is 6.88. The Hall–Kier alpha value is -0.120. The highest BCUT2D eigenvalue weighted by molar-refractivity contribution is 4.13. The molecule has 0 saturated carbocycles. The molecule has 0 amide bonds. The monoisotopic (exact) mass is 105 g/mol. The first-order valence-corrected chi connectivity index (χ1v) is 2.25. The van der Waals surface area contributed by atoms with E-state index >= 15 is 0 Å². The Kier molecular flexibility index (Phi) is 3.98. The Bertz CT molecular complexity index is 38.7. The zero-order valence-corrected chi connectivity index (χ0v) is 4.72. The van der Waals surface area contributed by atoms with Crippen molar-refractivity contribution in [3.05, 3.63) is 0 Å². The maximum Gasteiger partial charge on any atom is 0.121 e. The average molecular weight is 105 g/mol. The van der Waals surface area contributed by atoms with Crippen molar-refractivity contribution in [2.24, 2.45) is 0 Å². The van der Waals surface area contributed by atoms with E-state index in [4.69, 9.17) is 9.94 Å². The van der Waals surface area contributed by atoms with Crippen LogP contribution in [0.5, 0.6) is 0 Å². The molecule has 0 aliphatic heterocycles. The summed E-state index contributed by atoms with van der Waals surface area (Å²) in [5, 5.41) is 9.38. The Labute approximate surface area is 43.5 Å². The number of hydrogen-bond acceptors (Lipinski definition) is 3. The van der Waals surface area contributed by atoms with E-state index in [0.29, 0.717) is 6.61 Å². The number of ether oxygens (including phenoxy) is 1. The van der Waals surface area contributed by atoms with Crippen molar-refractivity contribution in [3.8, 4) is 0 Å². The van der Waals surface area contributed by atoms with E-state index in [-0.39, 0.29) is 6.73 Å². The second-order valence-electron chi connectivity index (χ2n) is 1.28. The number of nitrogens with zero attached hydrogens (tertiary/aromatic N) is 1. The molecule has 0 rings (SSSR count). The lowest BCUT2D eigenvalue weighted by Crippen LogP contribution is -2.16. The highest BCUT2D eigenvalue weighted by atomic mass is 16.6. The molecule has 0 aliphatic carbocycles. The molecule has 0 radical (unpaired) electrons. The van der Waals surface area contributed by atoms with Gasteiger partial charge in [0, 0.05) is 13.7 Å². The molecule has 0 aliphatic rings. The van der Waals surface area contributed by atoms with Crippen molar-refractivity contribution in [2.45, 2.75) is 6.92 Å². The average Bonchev–Trinajstić information content (AvgIpc) is 1.61. The van der Waals surface area contributed by atoms with Crippen molar-refractivity contribution in [1.29, 1.82) is 0 Å². The molecule has 7 heavy (non-hydrogen) atoms. The van der Waals surface area contributed by atoms with Crippen molar-refractivity contribution >= 4 is 0 Å². The van der Waals surface area contributed by atoms with Crippen LogP contribution in [0.3, 0.4) is 0 Å². The van der Waals surface area contributed by atoms with Crippen LogP contribution in [0, 0.1) is 0 Å². The summed E-state index contributed by atoms with van der Waals surface area (Å²) < 4.78 is 4.77. The minimum Gasteiger partial charge on any atom is -0.364 e. The van der Waals surface area contributed by atoms with Crippen molar-refractivity contribution in [1.82, 2.24) is 5.06 Å². The second-order valence-corrected chi connectivity index (χ2v) is 1.28. The molecule has 0 bridgehead atoms. The van der Waals surface area contributed by atoms with E-state index < -0.39 is 0 Å². The maximum absolute atomic E-state index is 8.39. The van der Waals surface area contributed by atoms with E-state index in [1.54, 1.807) is 0 Å². The zero-order chi connectivity index (χ0) is 5.70. The second kappa shape index (κ2) is 4.05. The van der Waals surface area contributed by atoms with Gasteiger partial charge in [0.15, 0.2) is 0 Å². The fraction of sp³-hybridized carbons (Fsp3) is 1.00. The summed E-state index contributed by atoms with van der Waals surface area (Å²) in [6.07, 6.45) is 0. The van der Waals surface area contributed by atoms with Crippen molar-refractivity contribution in [3.63, 3.8) is 0 Å². The van der Waals surface area contributed by atoms with E-state index in [0.717, 1.165) is 5.06 Å². The zero-order valence-electron chi connectivity index (χ0n) is 4.72. The third-order valence-corrected chi connectivity index (χ3v) is 0.482. The van der Waals surface area contributed by atoms with Gasteiger partial charge in [-0.05, 0) is 6.92 Å². The third-order valence-electron chi connectivity index (χ3n) is 0.482. The molecule has 0 aromatic carbocycles. The fourth-order valence-corrected chi connectivity index (χ4v) is 0.223. The van der Waals surface area contributed by atoms with Crippen LogP contribution in [-0.4, -0.2) is 30.7 Å². The SMILES string of the molecule is CCOCN(C)O. The van der Waals surface area contributed by atoms with Crippen LogP contribution in [0.4, 0.5) is 0 Å². The number of hydroxylamine groups is 2. The predicted octanol–water partition coefficient (Wildman–Crippen LogP) is 0.301. The van der Waals surface area contributed by atoms with Gasteiger partial charge in [-0.1, -0.05) is 0 Å². The van der Waals surface area contributed by atoms with Crippen LogP contribution < -0.4 is 0 Å². The van der Waals surface area contributed by atoms with Gasteiger partial charge in [-0.15, -0.1) is 0 Å². The van der Waals surface area contributed by atoms with Gasteiger partial charge in [-0.2, -0.15) is 5.06 Å². The Morgan fingerprint density at radius 1 is 1.71 bits per heavy atom. The smallest absolute Gasteiger partial charge is 0.121 e. The molecular weight excluding hydrogens is 94.0 g/mol. The van der Waals surface area contributed by atoms with Crippen LogP contribution in [0.2, 0.25) is 0 Å². The van der Waals surface area contributed by atoms with Gasteiger partial charge in [0.2, 0.25) is 0 Å². The molecule has 3 nitrogen and oxygen atoms in total. The molecule has 0 spiro atoms. The standard InChI is InChI=1S/C4H11NO2/c1-3-7-4-5(2)6/h6H,3-4H2,1-2H3. The third kappa shape index (κ3) is 5.88. The maximum atomic E-state index is 8.39. The van der Waals surface area contributed by atoms with Crippen LogP contribution in [0.25, 0.3) is 0 Å². The molecule has 1 N–H and O–H groups in total. The highest BCUT2D eigenvalue weighted by Gasteiger charge is 1.84. The molecule has 0 heterocycles. The molecule has 0 unspecified atom stereocenters. The molecule has 3 heteroatoms. The predicted molar refractivity (Wildman–Crippen MR) is 26.0 cm³/mol. The van der Waals surface area contributed by atoms with Gasteiger partial charge in [0.1, 0.15) is 6.73 Å². The quantitative estimate of drug-likeness (QED) is 0.414. The molecular formula is C4H11NO2. The van der Waals surface area contributed by atoms with E-state index in [1.807, 2.05) is 6.92 Å². The molecule has 0 saturated heterocycles. The van der Waals surface area contributed by atoms with Crippen LogP contribution >= 0.6 is 0 Å². The molecule has 0 fully saturated rings. The summed E-state index contributed by atoms with van der Waals surface area (Å²) in [7, 11) is 1.54. The first-order chi connectivity index (χ1) is 3.27. The van der Waals surface area contributed by atoms with Gasteiger partial charge < -0.3 is 9.94 Å². The topological polar surface area (TPSA) is 32.7 Å². The number of hydrogen-bond donors (Lipinski definition) is 1. The van der Waals surface area contributed by atoms with E-state index in [1.165, 1.54) is 7.05 Å². The molecule has 0 atom stereocenters. The lowest BCUT2D eigenvalue weighted by atomic mass is 10.9. The normalized spacial score (nSPS) is 10.3. The Morgan fingerprint density at radius 3 is 2.43 bits per heavy atom. The van der Waals surface area contributed by atoms with E-state index in [9.17, 15) is 0 Å². The minimum absolute atomic E-state index is 0.288. The lowest BCUT2D eigenvalue weighted by Gasteiger charge is -2.05. The van der Waals surface area contributed by atoms with Crippen LogP contribution in [-0.2, 0) is 4.74 Å². The summed E-state index contributed by atoms with van der Waals surface area (Å²) in [5.74, 6) is 0. The van der Waals surface area contributed by atoms with Gasteiger partial charge in [0.05, 0.1) is 0 Å². The fourth-order valence-electron chi connectivity index (χ4n) is 0.223. The molecule has 0 aromatic heterocycles. The number of rotatable bonds is 3. The molecule has 44 valence electrons. The van der Waals surface area contributed by atoms with Gasteiger partial charge in [-0.3, -0.25) is 0 Å². The first-order valence-electron chi connectivity index (χ1n) is 2.25. The van der Waals surface area contributed by atoms with Gasteiger partial charge >= 0.3 is 0 Å². The Balaban J connectivity index is 2.68. The van der Waals surface area contributed by atoms with Crippen molar-refractivity contribution in [2.75, 3.05) is 20.4 Å². The molecule has 0 aromatic rings. The Morgan fingerprint density at radius 2 is 2.29 bits per heavy atom. The summed E-state index contributed by atoms with van der Waals surface area (Å²) in [4.78, 5) is 0.